The Balaban J connectivity index is 1.68. The summed E-state index contributed by atoms with van der Waals surface area (Å²) in [5, 5.41) is 3.57. The molecule has 2 amide bonds. The van der Waals surface area contributed by atoms with E-state index in [-0.39, 0.29) is 31.3 Å². The van der Waals surface area contributed by atoms with Crippen molar-refractivity contribution >= 4 is 23.4 Å². The van der Waals surface area contributed by atoms with Gasteiger partial charge in [0.25, 0.3) is 0 Å². The molecule has 200 valence electrons. The average molecular weight is 543 g/mol. The minimum Gasteiger partial charge on any atom is -0.493 e. The van der Waals surface area contributed by atoms with E-state index in [9.17, 15) is 9.59 Å². The van der Waals surface area contributed by atoms with Crippen LogP contribution in [0.1, 0.15) is 28.3 Å². The zero-order chi connectivity index (χ0) is 27.6. The average Bonchev–Trinajstić information content (AvgIpc) is 2.97. The van der Waals surface area contributed by atoms with E-state index >= 15 is 0 Å². The fourth-order valence-electron chi connectivity index (χ4n) is 4.40. The standard InChI is InChI=1S/C32H31ClN2O4/c1-38-28-18-17-24(19-29(28)39-2)20-30(36)35(22-23-11-5-3-6-12-23)31(25-13-7-4-8-14-25)32(37)34-21-26-15-9-10-16-27(26)33/h3-19,31H,20-22H2,1-2H3,(H,34,37)/t31-/m0/s1. The molecule has 0 spiro atoms. The molecule has 1 N–H and O–H groups in total. The fourth-order valence-corrected chi connectivity index (χ4v) is 4.60. The van der Waals surface area contributed by atoms with E-state index in [4.69, 9.17) is 21.1 Å². The number of nitrogens with zero attached hydrogens (tertiary/aromatic N) is 1. The second-order valence-electron chi connectivity index (χ2n) is 9.00. The highest BCUT2D eigenvalue weighted by atomic mass is 35.5. The summed E-state index contributed by atoms with van der Waals surface area (Å²) < 4.78 is 10.8. The van der Waals surface area contributed by atoms with Gasteiger partial charge in [-0.25, -0.2) is 0 Å². The van der Waals surface area contributed by atoms with Gasteiger partial charge in [-0.15, -0.1) is 0 Å². The quantitative estimate of drug-likeness (QED) is 0.253. The molecule has 0 saturated carbocycles. The smallest absolute Gasteiger partial charge is 0.247 e. The lowest BCUT2D eigenvalue weighted by Crippen LogP contribution is -2.43. The molecule has 0 unspecified atom stereocenters. The first kappa shape index (κ1) is 27.7. The molecule has 0 saturated heterocycles. The van der Waals surface area contributed by atoms with Crippen LogP contribution in [0.5, 0.6) is 11.5 Å². The zero-order valence-corrected chi connectivity index (χ0v) is 22.7. The molecule has 6 nitrogen and oxygen atoms in total. The van der Waals surface area contributed by atoms with Gasteiger partial charge < -0.3 is 19.7 Å². The first-order valence-corrected chi connectivity index (χ1v) is 13.0. The van der Waals surface area contributed by atoms with Crippen LogP contribution < -0.4 is 14.8 Å². The molecule has 4 rings (SSSR count). The number of carbonyl (C=O) groups is 2. The number of hydrogen-bond acceptors (Lipinski definition) is 4. The molecule has 0 aromatic heterocycles. The molecular weight excluding hydrogens is 512 g/mol. The molecule has 1 atom stereocenters. The van der Waals surface area contributed by atoms with Gasteiger partial charge in [0.05, 0.1) is 20.6 Å². The molecule has 39 heavy (non-hydrogen) atoms. The van der Waals surface area contributed by atoms with Crippen LogP contribution in [0.3, 0.4) is 0 Å². The Kier molecular flexibility index (Phi) is 9.59. The largest absolute Gasteiger partial charge is 0.493 e. The van der Waals surface area contributed by atoms with Gasteiger partial charge in [-0.2, -0.15) is 0 Å². The van der Waals surface area contributed by atoms with Crippen LogP contribution in [-0.2, 0) is 29.1 Å². The highest BCUT2D eigenvalue weighted by Crippen LogP contribution is 2.29. The molecule has 0 radical (unpaired) electrons. The Morgan fingerprint density at radius 3 is 2.10 bits per heavy atom. The van der Waals surface area contributed by atoms with Crippen LogP contribution in [0.25, 0.3) is 0 Å². The van der Waals surface area contributed by atoms with E-state index in [1.807, 2.05) is 84.9 Å². The summed E-state index contributed by atoms with van der Waals surface area (Å²) in [6.45, 7) is 0.497. The lowest BCUT2D eigenvalue weighted by molar-refractivity contribution is -0.141. The molecule has 0 aliphatic rings. The molecular formula is C32H31ClN2O4. The second-order valence-corrected chi connectivity index (χ2v) is 9.40. The maximum Gasteiger partial charge on any atom is 0.247 e. The molecule has 4 aromatic carbocycles. The second kappa shape index (κ2) is 13.5. The first-order chi connectivity index (χ1) is 19.0. The van der Waals surface area contributed by atoms with Gasteiger partial charge in [-0.05, 0) is 40.5 Å². The molecule has 0 fully saturated rings. The van der Waals surface area contributed by atoms with E-state index in [1.54, 1.807) is 37.3 Å². The predicted octanol–water partition coefficient (Wildman–Crippen LogP) is 5.99. The molecule has 0 aliphatic carbocycles. The lowest BCUT2D eigenvalue weighted by atomic mass is 10.0. The highest BCUT2D eigenvalue weighted by Gasteiger charge is 2.31. The number of hydrogen-bond donors (Lipinski definition) is 1. The maximum absolute atomic E-state index is 14.0. The number of ether oxygens (including phenoxy) is 2. The van der Waals surface area contributed by atoms with E-state index in [2.05, 4.69) is 5.32 Å². The van der Waals surface area contributed by atoms with Gasteiger partial charge in [0.1, 0.15) is 6.04 Å². The SMILES string of the molecule is COc1ccc(CC(=O)N(Cc2ccccc2)[C@H](C(=O)NCc2ccccc2Cl)c2ccccc2)cc1OC. The Labute approximate surface area is 234 Å². The summed E-state index contributed by atoms with van der Waals surface area (Å²) in [6.07, 6.45) is 0.0777. The van der Waals surface area contributed by atoms with Gasteiger partial charge in [0.2, 0.25) is 11.8 Å². The summed E-state index contributed by atoms with van der Waals surface area (Å²) in [5.74, 6) is 0.621. The van der Waals surface area contributed by atoms with Gasteiger partial charge in [0.15, 0.2) is 11.5 Å². The Morgan fingerprint density at radius 1 is 0.795 bits per heavy atom. The normalized spacial score (nSPS) is 11.4. The van der Waals surface area contributed by atoms with Crippen LogP contribution in [0.4, 0.5) is 0 Å². The van der Waals surface area contributed by atoms with Gasteiger partial charge in [-0.3, -0.25) is 9.59 Å². The lowest BCUT2D eigenvalue weighted by Gasteiger charge is -2.32. The number of nitrogens with one attached hydrogen (secondary N) is 1. The van der Waals surface area contributed by atoms with Crippen LogP contribution in [0.15, 0.2) is 103 Å². The van der Waals surface area contributed by atoms with Crippen molar-refractivity contribution in [3.05, 3.63) is 130 Å². The molecule has 0 heterocycles. The maximum atomic E-state index is 14.0. The van der Waals surface area contributed by atoms with Gasteiger partial charge >= 0.3 is 0 Å². The summed E-state index contributed by atoms with van der Waals surface area (Å²) in [6, 6.07) is 30.9. The van der Waals surface area contributed by atoms with Crippen LogP contribution in [0, 0.1) is 0 Å². The number of methoxy groups -OCH3 is 2. The summed E-state index contributed by atoms with van der Waals surface area (Å²) >= 11 is 6.33. The van der Waals surface area contributed by atoms with Crippen LogP contribution in [-0.4, -0.2) is 30.9 Å². The Hall–Kier alpha value is -4.29. The van der Waals surface area contributed by atoms with E-state index in [0.29, 0.717) is 22.1 Å². The molecule has 7 heteroatoms. The van der Waals surface area contributed by atoms with E-state index in [0.717, 1.165) is 16.7 Å². The fraction of sp³-hybridized carbons (Fsp3) is 0.188. The first-order valence-electron chi connectivity index (χ1n) is 12.6. The molecule has 0 bridgehead atoms. The van der Waals surface area contributed by atoms with Crippen molar-refractivity contribution in [2.75, 3.05) is 14.2 Å². The number of halogens is 1. The zero-order valence-electron chi connectivity index (χ0n) is 22.0. The minimum absolute atomic E-state index is 0.0777. The van der Waals surface area contributed by atoms with Gasteiger partial charge in [0, 0.05) is 18.1 Å². The minimum atomic E-state index is -0.860. The summed E-state index contributed by atoms with van der Waals surface area (Å²) in [5.41, 5.74) is 3.17. The Bertz CT molecular complexity index is 1400. The van der Waals surface area contributed by atoms with Crippen molar-refractivity contribution in [1.82, 2.24) is 10.2 Å². The third-order valence-electron chi connectivity index (χ3n) is 6.41. The molecule has 0 aliphatic heterocycles. The Morgan fingerprint density at radius 2 is 1.44 bits per heavy atom. The number of amides is 2. The third-order valence-corrected chi connectivity index (χ3v) is 6.77. The van der Waals surface area contributed by atoms with Crippen LogP contribution >= 0.6 is 11.6 Å². The summed E-state index contributed by atoms with van der Waals surface area (Å²) in [7, 11) is 3.12. The summed E-state index contributed by atoms with van der Waals surface area (Å²) in [4.78, 5) is 29.4. The van der Waals surface area contributed by atoms with Crippen molar-refractivity contribution in [1.29, 1.82) is 0 Å². The van der Waals surface area contributed by atoms with Crippen molar-refractivity contribution < 1.29 is 19.1 Å². The monoisotopic (exact) mass is 542 g/mol. The molecule has 4 aromatic rings. The van der Waals surface area contributed by atoms with Crippen molar-refractivity contribution in [2.24, 2.45) is 0 Å². The van der Waals surface area contributed by atoms with E-state index in [1.165, 1.54) is 0 Å². The number of rotatable bonds is 11. The van der Waals surface area contributed by atoms with Crippen LogP contribution in [0.2, 0.25) is 5.02 Å². The van der Waals surface area contributed by atoms with Crippen molar-refractivity contribution in [2.45, 2.75) is 25.6 Å². The van der Waals surface area contributed by atoms with Crippen molar-refractivity contribution in [3.8, 4) is 11.5 Å². The van der Waals surface area contributed by atoms with Gasteiger partial charge in [-0.1, -0.05) is 96.5 Å². The van der Waals surface area contributed by atoms with E-state index < -0.39 is 6.04 Å². The third kappa shape index (κ3) is 7.18. The number of benzene rings is 4. The highest BCUT2D eigenvalue weighted by molar-refractivity contribution is 6.31. The number of carbonyl (C=O) groups excluding carboxylic acids is 2. The topological polar surface area (TPSA) is 67.9 Å². The predicted molar refractivity (Wildman–Crippen MR) is 153 cm³/mol. The van der Waals surface area contributed by atoms with Crippen molar-refractivity contribution in [3.63, 3.8) is 0 Å².